The third-order valence-corrected chi connectivity index (χ3v) is 9.23. The van der Waals surface area contributed by atoms with Crippen molar-refractivity contribution in [1.82, 2.24) is 14.9 Å². The topological polar surface area (TPSA) is 62.6 Å². The van der Waals surface area contributed by atoms with Crippen LogP contribution in [0.25, 0.3) is 11.0 Å². The molecule has 1 atom stereocenters. The number of nitrogens with one attached hydrogen (secondary N) is 1. The smallest absolute Gasteiger partial charge is 0.227 e. The molecule has 3 aliphatic rings. The normalized spacial score (nSPS) is 24.6. The lowest BCUT2D eigenvalue weighted by molar-refractivity contribution is -0.120. The summed E-state index contributed by atoms with van der Waals surface area (Å²) in [7, 11) is 3.93. The van der Waals surface area contributed by atoms with Gasteiger partial charge in [-0.2, -0.15) is 0 Å². The summed E-state index contributed by atoms with van der Waals surface area (Å²) in [4.78, 5) is 22.5. The molecule has 1 aliphatic carbocycles. The van der Waals surface area contributed by atoms with Gasteiger partial charge in [0.25, 0.3) is 0 Å². The highest BCUT2D eigenvalue weighted by molar-refractivity contribution is 5.95. The van der Waals surface area contributed by atoms with Gasteiger partial charge in [0.1, 0.15) is 5.82 Å². The fourth-order valence-electron chi connectivity index (χ4n) is 6.96. The van der Waals surface area contributed by atoms with Gasteiger partial charge in [-0.3, -0.25) is 4.79 Å². The zero-order chi connectivity index (χ0) is 27.8. The lowest BCUT2D eigenvalue weighted by atomic mass is 9.92. The van der Waals surface area contributed by atoms with Gasteiger partial charge >= 0.3 is 0 Å². The molecular formula is C31H39F2N5O2. The number of hydrogen-bond acceptors (Lipinski definition) is 5. The molecule has 214 valence electrons. The van der Waals surface area contributed by atoms with Gasteiger partial charge in [0.05, 0.1) is 23.2 Å². The summed E-state index contributed by atoms with van der Waals surface area (Å²) in [5.74, 6) is -1.13. The summed E-state index contributed by atoms with van der Waals surface area (Å²) in [5.41, 5.74) is 3.48. The number of hydrogen-bond donors (Lipinski definition) is 1. The van der Waals surface area contributed by atoms with E-state index in [9.17, 15) is 13.6 Å². The van der Waals surface area contributed by atoms with Gasteiger partial charge in [0.2, 0.25) is 5.91 Å². The van der Waals surface area contributed by atoms with Crippen LogP contribution in [-0.2, 0) is 9.53 Å². The molecule has 1 N–H and O–H groups in total. The van der Waals surface area contributed by atoms with E-state index < -0.39 is 11.6 Å². The van der Waals surface area contributed by atoms with Crippen LogP contribution in [0.15, 0.2) is 36.4 Å². The Kier molecular flexibility index (Phi) is 7.77. The first kappa shape index (κ1) is 27.1. The monoisotopic (exact) mass is 551 g/mol. The van der Waals surface area contributed by atoms with Crippen molar-refractivity contribution in [2.24, 2.45) is 0 Å². The molecule has 3 fully saturated rings. The number of nitrogens with zero attached hydrogens (tertiary/aromatic N) is 4. The fraction of sp³-hybridized carbons (Fsp3) is 0.548. The maximum Gasteiger partial charge on any atom is 0.227 e. The molecule has 2 saturated heterocycles. The third kappa shape index (κ3) is 5.09. The Morgan fingerprint density at radius 3 is 2.48 bits per heavy atom. The Morgan fingerprint density at radius 2 is 1.75 bits per heavy atom. The first-order valence-electron chi connectivity index (χ1n) is 14.7. The minimum Gasteiger partial charge on any atom is -0.381 e. The first-order chi connectivity index (χ1) is 19.4. The van der Waals surface area contributed by atoms with Crippen molar-refractivity contribution < 1.29 is 18.3 Å². The number of carbonyl (C=O) groups is 1. The van der Waals surface area contributed by atoms with Crippen molar-refractivity contribution in [2.75, 3.05) is 37.0 Å². The number of halogens is 2. The van der Waals surface area contributed by atoms with Crippen molar-refractivity contribution in [2.45, 2.75) is 82.0 Å². The third-order valence-electron chi connectivity index (χ3n) is 9.23. The number of anilines is 2. The van der Waals surface area contributed by atoms with E-state index >= 15 is 0 Å². The Labute approximate surface area is 234 Å². The lowest BCUT2D eigenvalue weighted by Gasteiger charge is -2.37. The summed E-state index contributed by atoms with van der Waals surface area (Å²) < 4.78 is 36.1. The van der Waals surface area contributed by atoms with Crippen LogP contribution in [0.3, 0.4) is 0 Å². The number of benzene rings is 2. The van der Waals surface area contributed by atoms with Gasteiger partial charge in [-0.05, 0) is 94.8 Å². The molecular weight excluding hydrogens is 512 g/mol. The van der Waals surface area contributed by atoms with Crippen molar-refractivity contribution in [3.63, 3.8) is 0 Å². The standard InChI is InChI=1S/C31H39F2N5O2/c1-36(20-14-16-34-17-15-20)22-9-13-28-27(19-22)35-31(38(28)21-6-10-24(40-2)11-7-21)29-4-3-5-30(39)37(29)23-8-12-25(32)26(33)18-23/h8-9,12-13,18-21,24,29,34H,3-7,10-11,14-17H2,1-2H3/t21?,24?,29-/m0/s1. The molecule has 7 nitrogen and oxygen atoms in total. The van der Waals surface area contributed by atoms with E-state index in [1.807, 2.05) is 0 Å². The van der Waals surface area contributed by atoms with E-state index in [0.29, 0.717) is 24.6 Å². The zero-order valence-electron chi connectivity index (χ0n) is 23.4. The molecule has 1 saturated carbocycles. The molecule has 2 aliphatic heterocycles. The fourth-order valence-corrected chi connectivity index (χ4v) is 6.96. The summed E-state index contributed by atoms with van der Waals surface area (Å²) in [6, 6.07) is 10.6. The summed E-state index contributed by atoms with van der Waals surface area (Å²) >= 11 is 0. The molecule has 0 spiro atoms. The van der Waals surface area contributed by atoms with Gasteiger partial charge in [-0.15, -0.1) is 0 Å². The Bertz CT molecular complexity index is 1360. The van der Waals surface area contributed by atoms with Crippen LogP contribution in [0.2, 0.25) is 0 Å². The van der Waals surface area contributed by atoms with Crippen LogP contribution in [0, 0.1) is 11.6 Å². The van der Waals surface area contributed by atoms with E-state index in [4.69, 9.17) is 9.72 Å². The zero-order valence-corrected chi connectivity index (χ0v) is 23.4. The molecule has 0 radical (unpaired) electrons. The molecule has 0 bridgehead atoms. The first-order valence-corrected chi connectivity index (χ1v) is 14.7. The Hall–Kier alpha value is -3.04. The van der Waals surface area contributed by atoms with E-state index in [0.717, 1.165) is 92.7 Å². The molecule has 0 unspecified atom stereocenters. The van der Waals surface area contributed by atoms with E-state index in [-0.39, 0.29) is 24.1 Å². The number of aromatic nitrogens is 2. The molecule has 6 rings (SSSR count). The number of rotatable bonds is 6. The van der Waals surface area contributed by atoms with E-state index in [1.54, 1.807) is 12.0 Å². The maximum atomic E-state index is 14.3. The molecule has 3 heterocycles. The van der Waals surface area contributed by atoms with Crippen LogP contribution in [0.1, 0.15) is 75.7 Å². The molecule has 3 aromatic rings. The number of imidazole rings is 1. The molecule has 1 aromatic heterocycles. The summed E-state index contributed by atoms with van der Waals surface area (Å²) in [6.07, 6.45) is 8.12. The number of carbonyl (C=O) groups excluding carboxylic acids is 1. The van der Waals surface area contributed by atoms with Crippen LogP contribution in [0.4, 0.5) is 20.2 Å². The second-order valence-corrected chi connectivity index (χ2v) is 11.5. The molecule has 2 aromatic carbocycles. The van der Waals surface area contributed by atoms with Crippen molar-refractivity contribution in [3.05, 3.63) is 53.9 Å². The summed E-state index contributed by atoms with van der Waals surface area (Å²) in [5, 5.41) is 3.44. The van der Waals surface area contributed by atoms with Crippen LogP contribution >= 0.6 is 0 Å². The minimum absolute atomic E-state index is 0.0877. The number of methoxy groups -OCH3 is 1. The summed E-state index contributed by atoms with van der Waals surface area (Å²) in [6.45, 7) is 2.05. The van der Waals surface area contributed by atoms with Crippen molar-refractivity contribution in [1.29, 1.82) is 0 Å². The van der Waals surface area contributed by atoms with Crippen molar-refractivity contribution in [3.8, 4) is 0 Å². The largest absolute Gasteiger partial charge is 0.381 e. The Balaban J connectivity index is 1.43. The van der Waals surface area contributed by atoms with E-state index in [1.165, 1.54) is 6.07 Å². The second-order valence-electron chi connectivity index (χ2n) is 11.5. The van der Waals surface area contributed by atoms with Gasteiger partial charge < -0.3 is 24.4 Å². The number of ether oxygens (including phenoxy) is 1. The molecule has 40 heavy (non-hydrogen) atoms. The maximum absolute atomic E-state index is 14.3. The molecule has 9 heteroatoms. The van der Waals surface area contributed by atoms with Crippen LogP contribution < -0.4 is 15.1 Å². The number of piperidine rings is 2. The highest BCUT2D eigenvalue weighted by Gasteiger charge is 2.36. The van der Waals surface area contributed by atoms with Gasteiger partial charge in [-0.25, -0.2) is 13.8 Å². The average Bonchev–Trinajstić information content (AvgIpc) is 3.37. The second kappa shape index (κ2) is 11.4. The number of amides is 1. The average molecular weight is 552 g/mol. The van der Waals surface area contributed by atoms with Crippen molar-refractivity contribution >= 4 is 28.3 Å². The predicted molar refractivity (Wildman–Crippen MR) is 153 cm³/mol. The lowest BCUT2D eigenvalue weighted by Crippen LogP contribution is -2.41. The van der Waals surface area contributed by atoms with Gasteiger partial charge in [0, 0.05) is 50.1 Å². The van der Waals surface area contributed by atoms with Gasteiger partial charge in [0.15, 0.2) is 11.6 Å². The van der Waals surface area contributed by atoms with Crippen LogP contribution in [-0.4, -0.2) is 54.9 Å². The number of fused-ring (bicyclic) bond motifs is 1. The highest BCUT2D eigenvalue weighted by Crippen LogP contribution is 2.41. The van der Waals surface area contributed by atoms with Crippen LogP contribution in [0.5, 0.6) is 0 Å². The Morgan fingerprint density at radius 1 is 0.975 bits per heavy atom. The molecule has 1 amide bonds. The SMILES string of the molecule is COC1CCC(n2c([C@@H]3CCCC(=O)N3c3ccc(F)c(F)c3)nc3cc(N(C)C4CCNCC4)ccc32)CC1. The van der Waals surface area contributed by atoms with Gasteiger partial charge in [-0.1, -0.05) is 0 Å². The predicted octanol–water partition coefficient (Wildman–Crippen LogP) is 5.89. The van der Waals surface area contributed by atoms with E-state index in [2.05, 4.69) is 40.0 Å². The quantitative estimate of drug-likeness (QED) is 0.414. The minimum atomic E-state index is -0.952. The highest BCUT2D eigenvalue weighted by atomic mass is 19.2.